The minimum atomic E-state index is -0.449. The number of rotatable bonds is 8. The van der Waals surface area contributed by atoms with Gasteiger partial charge in [0.15, 0.2) is 0 Å². The van der Waals surface area contributed by atoms with Crippen LogP contribution in [-0.4, -0.2) is 54.5 Å². The van der Waals surface area contributed by atoms with E-state index in [0.29, 0.717) is 6.54 Å². The normalized spacial score (nSPS) is 11.7. The molecule has 0 fully saturated rings. The van der Waals surface area contributed by atoms with Crippen LogP contribution in [0.2, 0.25) is 0 Å². The van der Waals surface area contributed by atoms with Crippen molar-refractivity contribution in [2.75, 3.05) is 32.8 Å². The number of carbonyl (C=O) groups excluding carboxylic acids is 1. The first-order valence-corrected chi connectivity index (χ1v) is 6.69. The Hall–Kier alpha value is -0.810. The molecule has 108 valence electrons. The number of amides is 1. The maximum Gasteiger partial charge on any atom is 0.407 e. The highest BCUT2D eigenvalue weighted by Gasteiger charge is 2.15. The second-order valence-electron chi connectivity index (χ2n) is 5.29. The molecule has 0 rings (SSSR count). The molecule has 0 saturated carbocycles. The lowest BCUT2D eigenvalue weighted by atomic mass is 10.2. The fraction of sp³-hybridized carbons (Fsp3) is 0.923. The number of aliphatic hydroxyl groups is 1. The lowest BCUT2D eigenvalue weighted by Gasteiger charge is -2.22. The molecule has 0 aromatic rings. The first kappa shape index (κ1) is 17.2. The molecule has 1 amide bonds. The topological polar surface area (TPSA) is 61.8 Å². The summed E-state index contributed by atoms with van der Waals surface area (Å²) in [5.41, 5.74) is -0.449. The summed E-state index contributed by atoms with van der Waals surface area (Å²) in [6.07, 6.45) is 1.45. The minimum absolute atomic E-state index is 0.244. The van der Waals surface area contributed by atoms with E-state index in [0.717, 1.165) is 32.5 Å². The number of aliphatic hydroxyl groups excluding tert-OH is 1. The van der Waals surface area contributed by atoms with Gasteiger partial charge in [-0.25, -0.2) is 4.79 Å². The van der Waals surface area contributed by atoms with Gasteiger partial charge in [0.05, 0.1) is 0 Å². The Bertz CT molecular complexity index is 227. The monoisotopic (exact) mass is 260 g/mol. The lowest BCUT2D eigenvalue weighted by molar-refractivity contribution is 0.0522. The van der Waals surface area contributed by atoms with Gasteiger partial charge in [-0.1, -0.05) is 6.92 Å². The zero-order valence-corrected chi connectivity index (χ0v) is 12.2. The van der Waals surface area contributed by atoms with Crippen molar-refractivity contribution in [3.63, 3.8) is 0 Å². The van der Waals surface area contributed by atoms with Gasteiger partial charge in [0.25, 0.3) is 0 Å². The number of ether oxygens (including phenoxy) is 1. The molecule has 0 heterocycles. The molecule has 0 bridgehead atoms. The van der Waals surface area contributed by atoms with Crippen LogP contribution in [0.1, 0.15) is 40.5 Å². The second-order valence-corrected chi connectivity index (χ2v) is 5.29. The number of likely N-dealkylation sites (N-methyl/N-ethyl adjacent to an activating group) is 1. The van der Waals surface area contributed by atoms with E-state index in [9.17, 15) is 4.79 Å². The second kappa shape index (κ2) is 9.16. The van der Waals surface area contributed by atoms with Gasteiger partial charge in [0.1, 0.15) is 5.60 Å². The summed E-state index contributed by atoms with van der Waals surface area (Å²) in [7, 11) is 0. The predicted octanol–water partition coefficient (Wildman–Crippen LogP) is 1.61. The molecule has 0 aliphatic heterocycles. The van der Waals surface area contributed by atoms with Crippen molar-refractivity contribution in [2.24, 2.45) is 0 Å². The van der Waals surface area contributed by atoms with Crippen LogP contribution < -0.4 is 5.32 Å². The third kappa shape index (κ3) is 10.4. The molecule has 2 N–H and O–H groups in total. The molecule has 5 nitrogen and oxygen atoms in total. The fourth-order valence-electron chi connectivity index (χ4n) is 1.51. The van der Waals surface area contributed by atoms with Crippen LogP contribution in [0.5, 0.6) is 0 Å². The van der Waals surface area contributed by atoms with Crippen molar-refractivity contribution in [2.45, 2.75) is 46.1 Å². The maximum absolute atomic E-state index is 11.4. The Morgan fingerprint density at radius 1 is 1.28 bits per heavy atom. The summed E-state index contributed by atoms with van der Waals surface area (Å²) < 4.78 is 5.15. The van der Waals surface area contributed by atoms with E-state index in [4.69, 9.17) is 9.84 Å². The molecule has 0 aromatic heterocycles. The lowest BCUT2D eigenvalue weighted by Crippen LogP contribution is -2.38. The summed E-state index contributed by atoms with van der Waals surface area (Å²) >= 11 is 0. The van der Waals surface area contributed by atoms with E-state index >= 15 is 0 Å². The molecule has 0 unspecified atom stereocenters. The average Bonchev–Trinajstić information content (AvgIpc) is 2.24. The summed E-state index contributed by atoms with van der Waals surface area (Å²) in [4.78, 5) is 13.6. The van der Waals surface area contributed by atoms with E-state index in [1.165, 1.54) is 0 Å². The third-order valence-electron chi connectivity index (χ3n) is 2.43. The van der Waals surface area contributed by atoms with Gasteiger partial charge in [0.2, 0.25) is 0 Å². The Kier molecular flexibility index (Phi) is 8.75. The summed E-state index contributed by atoms with van der Waals surface area (Å²) in [5.74, 6) is 0. The van der Waals surface area contributed by atoms with Crippen molar-refractivity contribution in [3.8, 4) is 0 Å². The Morgan fingerprint density at radius 3 is 2.44 bits per heavy atom. The molecule has 0 aliphatic carbocycles. The molecule has 0 atom stereocenters. The average molecular weight is 260 g/mol. The third-order valence-corrected chi connectivity index (χ3v) is 2.43. The zero-order chi connectivity index (χ0) is 14.0. The van der Waals surface area contributed by atoms with Crippen LogP contribution in [0.4, 0.5) is 4.79 Å². The number of nitrogens with zero attached hydrogens (tertiary/aromatic N) is 1. The van der Waals surface area contributed by atoms with Crippen molar-refractivity contribution in [1.82, 2.24) is 10.2 Å². The van der Waals surface area contributed by atoms with E-state index in [-0.39, 0.29) is 12.7 Å². The first-order valence-electron chi connectivity index (χ1n) is 6.69. The Morgan fingerprint density at radius 2 is 1.94 bits per heavy atom. The van der Waals surface area contributed by atoms with Gasteiger partial charge in [0, 0.05) is 19.7 Å². The quantitative estimate of drug-likeness (QED) is 0.651. The van der Waals surface area contributed by atoms with Gasteiger partial charge in [-0.05, 0) is 46.7 Å². The maximum atomic E-state index is 11.4. The highest BCUT2D eigenvalue weighted by Crippen LogP contribution is 2.06. The number of alkyl carbamates (subject to hydrolysis) is 1. The summed E-state index contributed by atoms with van der Waals surface area (Å²) in [5, 5.41) is 11.5. The van der Waals surface area contributed by atoms with Crippen LogP contribution >= 0.6 is 0 Å². The number of nitrogens with one attached hydrogen (secondary N) is 1. The van der Waals surface area contributed by atoms with Crippen LogP contribution in [0.15, 0.2) is 0 Å². The van der Waals surface area contributed by atoms with Crippen molar-refractivity contribution < 1.29 is 14.6 Å². The van der Waals surface area contributed by atoms with Gasteiger partial charge < -0.3 is 20.1 Å². The largest absolute Gasteiger partial charge is 0.444 e. The van der Waals surface area contributed by atoms with E-state index in [1.54, 1.807) is 0 Å². The van der Waals surface area contributed by atoms with Gasteiger partial charge >= 0.3 is 6.09 Å². The highest BCUT2D eigenvalue weighted by molar-refractivity contribution is 5.67. The van der Waals surface area contributed by atoms with Crippen molar-refractivity contribution >= 4 is 6.09 Å². The molecule has 0 saturated heterocycles. The number of hydrogen-bond acceptors (Lipinski definition) is 4. The van der Waals surface area contributed by atoms with Gasteiger partial charge in [-0.2, -0.15) is 0 Å². The number of unbranched alkanes of at least 4 members (excludes halogenated alkanes) is 1. The molecular formula is C13H28N2O3. The van der Waals surface area contributed by atoms with Gasteiger partial charge in [-0.3, -0.25) is 0 Å². The van der Waals surface area contributed by atoms with Crippen LogP contribution in [0.25, 0.3) is 0 Å². The molecule has 0 radical (unpaired) electrons. The summed E-state index contributed by atoms with van der Waals surface area (Å²) in [6.45, 7) is 11.2. The van der Waals surface area contributed by atoms with Crippen LogP contribution in [0, 0.1) is 0 Å². The fourth-order valence-corrected chi connectivity index (χ4v) is 1.51. The molecular weight excluding hydrogens is 232 g/mol. The molecule has 0 spiro atoms. The molecule has 5 heteroatoms. The molecule has 0 aromatic carbocycles. The van der Waals surface area contributed by atoms with Crippen molar-refractivity contribution in [3.05, 3.63) is 0 Å². The number of hydrogen-bond donors (Lipinski definition) is 2. The van der Waals surface area contributed by atoms with E-state index in [2.05, 4.69) is 17.1 Å². The van der Waals surface area contributed by atoms with Crippen LogP contribution in [0.3, 0.4) is 0 Å². The zero-order valence-electron chi connectivity index (χ0n) is 12.2. The minimum Gasteiger partial charge on any atom is -0.444 e. The van der Waals surface area contributed by atoms with E-state index < -0.39 is 5.60 Å². The summed E-state index contributed by atoms with van der Waals surface area (Å²) in [6, 6.07) is 0. The smallest absolute Gasteiger partial charge is 0.407 e. The molecule has 18 heavy (non-hydrogen) atoms. The van der Waals surface area contributed by atoms with Gasteiger partial charge in [-0.15, -0.1) is 0 Å². The van der Waals surface area contributed by atoms with Crippen LogP contribution in [-0.2, 0) is 4.74 Å². The SMILES string of the molecule is CCN(CCCCO)CCNC(=O)OC(C)(C)C. The number of carbonyl (C=O) groups is 1. The highest BCUT2D eigenvalue weighted by atomic mass is 16.6. The predicted molar refractivity (Wildman–Crippen MR) is 72.7 cm³/mol. The Labute approximate surface area is 110 Å². The van der Waals surface area contributed by atoms with E-state index in [1.807, 2.05) is 20.8 Å². The van der Waals surface area contributed by atoms with Crippen molar-refractivity contribution in [1.29, 1.82) is 0 Å². The molecule has 0 aliphatic rings. The first-order chi connectivity index (χ1) is 8.39. The Balaban J connectivity index is 3.69. The standard InChI is InChI=1S/C13H28N2O3/c1-5-15(9-6-7-11-16)10-8-14-12(17)18-13(2,3)4/h16H,5-11H2,1-4H3,(H,14,17).